The zero-order valence-corrected chi connectivity index (χ0v) is 19.8. The number of fused-ring (bicyclic) bond motifs is 1. The minimum Gasteiger partial charge on any atom is -0.248 e. The normalized spacial score (nSPS) is 11.6. The molecule has 1 nitrogen and oxygen atoms in total. The van der Waals surface area contributed by atoms with Crippen LogP contribution in [0.5, 0.6) is 0 Å². The maximum atomic E-state index is 5.07. The Balaban J connectivity index is 1.66. The average molecular weight is 430 g/mol. The SMILES string of the molecule is C[Si](C)(C)c1ccc2nc(-c3ccc(-c4ccccc4)cc3)cc(-c3ccccc3)c2c1. The second-order valence-corrected chi connectivity index (χ2v) is 14.4. The van der Waals surface area contributed by atoms with Crippen LogP contribution in [0.15, 0.2) is 109 Å². The van der Waals surface area contributed by atoms with Crippen molar-refractivity contribution >= 4 is 24.2 Å². The lowest BCUT2D eigenvalue weighted by atomic mass is 9.97. The van der Waals surface area contributed by atoms with Crippen LogP contribution in [0.2, 0.25) is 19.6 Å². The first kappa shape index (κ1) is 20.4. The van der Waals surface area contributed by atoms with Gasteiger partial charge in [-0.2, -0.15) is 0 Å². The summed E-state index contributed by atoms with van der Waals surface area (Å²) in [5, 5.41) is 2.70. The zero-order valence-electron chi connectivity index (χ0n) is 18.8. The van der Waals surface area contributed by atoms with Gasteiger partial charge in [0.15, 0.2) is 0 Å². The number of rotatable bonds is 4. The number of benzene rings is 4. The van der Waals surface area contributed by atoms with Crippen LogP contribution in [0.25, 0.3) is 44.4 Å². The quantitative estimate of drug-likeness (QED) is 0.266. The Morgan fingerprint density at radius 2 is 1.09 bits per heavy atom. The first-order valence-electron chi connectivity index (χ1n) is 11.2. The molecule has 4 aromatic carbocycles. The fourth-order valence-corrected chi connectivity index (χ4v) is 5.32. The Labute approximate surface area is 191 Å². The van der Waals surface area contributed by atoms with Gasteiger partial charge >= 0.3 is 0 Å². The molecule has 1 heterocycles. The summed E-state index contributed by atoms with van der Waals surface area (Å²) in [7, 11) is -1.42. The van der Waals surface area contributed by atoms with Crippen LogP contribution >= 0.6 is 0 Å². The third-order valence-corrected chi connectivity index (χ3v) is 8.09. The van der Waals surface area contributed by atoms with Gasteiger partial charge in [-0.3, -0.25) is 0 Å². The largest absolute Gasteiger partial charge is 0.248 e. The predicted molar refractivity (Wildman–Crippen MR) is 141 cm³/mol. The van der Waals surface area contributed by atoms with Gasteiger partial charge < -0.3 is 0 Å². The summed E-state index contributed by atoms with van der Waals surface area (Å²) in [5.74, 6) is 0. The van der Waals surface area contributed by atoms with E-state index in [0.29, 0.717) is 0 Å². The number of aromatic nitrogens is 1. The summed E-state index contributed by atoms with van der Waals surface area (Å²) in [5.41, 5.74) is 8.13. The molecule has 2 heteroatoms. The van der Waals surface area contributed by atoms with E-state index >= 15 is 0 Å². The molecule has 0 atom stereocenters. The molecule has 0 amide bonds. The molecule has 156 valence electrons. The Hall–Kier alpha value is -3.49. The Morgan fingerprint density at radius 1 is 0.531 bits per heavy atom. The lowest BCUT2D eigenvalue weighted by molar-refractivity contribution is 1.40. The topological polar surface area (TPSA) is 12.9 Å². The van der Waals surface area contributed by atoms with Crippen molar-refractivity contribution in [3.05, 3.63) is 109 Å². The van der Waals surface area contributed by atoms with Crippen molar-refractivity contribution in [2.24, 2.45) is 0 Å². The fourth-order valence-electron chi connectivity index (χ4n) is 4.16. The van der Waals surface area contributed by atoms with E-state index in [1.807, 2.05) is 0 Å². The molecule has 5 aromatic rings. The molecule has 0 fully saturated rings. The van der Waals surface area contributed by atoms with E-state index in [9.17, 15) is 0 Å². The third-order valence-electron chi connectivity index (χ3n) is 6.05. The van der Waals surface area contributed by atoms with Gasteiger partial charge in [-0.25, -0.2) is 4.98 Å². The van der Waals surface area contributed by atoms with E-state index in [-0.39, 0.29) is 0 Å². The van der Waals surface area contributed by atoms with E-state index < -0.39 is 8.07 Å². The lowest BCUT2D eigenvalue weighted by Crippen LogP contribution is -2.37. The van der Waals surface area contributed by atoms with Gasteiger partial charge in [0.2, 0.25) is 0 Å². The van der Waals surface area contributed by atoms with Crippen LogP contribution in [0.3, 0.4) is 0 Å². The van der Waals surface area contributed by atoms with Crippen molar-refractivity contribution in [1.82, 2.24) is 4.98 Å². The molecule has 0 aliphatic heterocycles. The van der Waals surface area contributed by atoms with E-state index in [4.69, 9.17) is 4.98 Å². The first-order valence-corrected chi connectivity index (χ1v) is 14.7. The molecular formula is C30H27NSi. The van der Waals surface area contributed by atoms with Gasteiger partial charge in [-0.1, -0.05) is 122 Å². The number of hydrogen-bond acceptors (Lipinski definition) is 1. The second kappa shape index (κ2) is 8.21. The van der Waals surface area contributed by atoms with Crippen LogP contribution in [0.4, 0.5) is 0 Å². The molecule has 1 aromatic heterocycles. The standard InChI is InChI=1S/C30H27NSi/c1-32(2,3)26-18-19-29-28(20-26)27(24-12-8-5-9-13-24)21-30(31-29)25-16-14-23(15-17-25)22-10-6-4-7-11-22/h4-21H,1-3H3. The summed E-state index contributed by atoms with van der Waals surface area (Å²) in [6, 6.07) is 39.0. The number of hydrogen-bond donors (Lipinski definition) is 0. The first-order chi connectivity index (χ1) is 15.5. The molecule has 0 aliphatic carbocycles. The molecule has 0 spiro atoms. The van der Waals surface area contributed by atoms with Gasteiger partial charge in [-0.15, -0.1) is 0 Å². The average Bonchev–Trinajstić information content (AvgIpc) is 2.83. The van der Waals surface area contributed by atoms with E-state index in [1.165, 1.54) is 32.8 Å². The van der Waals surface area contributed by atoms with Crippen molar-refractivity contribution in [2.45, 2.75) is 19.6 Å². The van der Waals surface area contributed by atoms with Crippen molar-refractivity contribution in [3.63, 3.8) is 0 Å². The molecule has 0 saturated carbocycles. The molecule has 0 saturated heterocycles. The van der Waals surface area contributed by atoms with Crippen molar-refractivity contribution in [2.75, 3.05) is 0 Å². The summed E-state index contributed by atoms with van der Waals surface area (Å²) in [4.78, 5) is 5.07. The van der Waals surface area contributed by atoms with Crippen LogP contribution in [0.1, 0.15) is 0 Å². The van der Waals surface area contributed by atoms with E-state index in [2.05, 4.69) is 129 Å². The summed E-state index contributed by atoms with van der Waals surface area (Å²) < 4.78 is 0. The van der Waals surface area contributed by atoms with Gasteiger partial charge in [0.05, 0.1) is 19.3 Å². The molecule has 32 heavy (non-hydrogen) atoms. The molecule has 0 N–H and O–H groups in total. The van der Waals surface area contributed by atoms with E-state index in [1.54, 1.807) is 0 Å². The monoisotopic (exact) mass is 429 g/mol. The van der Waals surface area contributed by atoms with Crippen molar-refractivity contribution < 1.29 is 0 Å². The molecule has 0 radical (unpaired) electrons. The number of nitrogens with zero attached hydrogens (tertiary/aromatic N) is 1. The molecule has 0 aliphatic rings. The maximum Gasteiger partial charge on any atom is 0.0776 e. The molecule has 5 rings (SSSR count). The minimum atomic E-state index is -1.42. The Bertz CT molecular complexity index is 1370. The smallest absolute Gasteiger partial charge is 0.0776 e. The highest BCUT2D eigenvalue weighted by Gasteiger charge is 2.18. The van der Waals surface area contributed by atoms with Crippen molar-refractivity contribution in [3.8, 4) is 33.5 Å². The second-order valence-electron chi connectivity index (χ2n) is 9.35. The van der Waals surface area contributed by atoms with Crippen LogP contribution in [0, 0.1) is 0 Å². The van der Waals surface area contributed by atoms with E-state index in [0.717, 1.165) is 16.8 Å². The third kappa shape index (κ3) is 4.02. The summed E-state index contributed by atoms with van der Waals surface area (Å²) in [6.07, 6.45) is 0. The van der Waals surface area contributed by atoms with Crippen LogP contribution in [-0.2, 0) is 0 Å². The van der Waals surface area contributed by atoms with Crippen LogP contribution < -0.4 is 5.19 Å². The Morgan fingerprint density at radius 3 is 1.72 bits per heavy atom. The molecular weight excluding hydrogens is 402 g/mol. The van der Waals surface area contributed by atoms with Gasteiger partial charge in [0.25, 0.3) is 0 Å². The van der Waals surface area contributed by atoms with Crippen LogP contribution in [-0.4, -0.2) is 13.1 Å². The molecule has 0 bridgehead atoms. The zero-order chi connectivity index (χ0) is 22.1. The summed E-state index contributed by atoms with van der Waals surface area (Å²) >= 11 is 0. The lowest BCUT2D eigenvalue weighted by Gasteiger charge is -2.18. The van der Waals surface area contributed by atoms with Gasteiger partial charge in [0.1, 0.15) is 0 Å². The van der Waals surface area contributed by atoms with Gasteiger partial charge in [-0.05, 0) is 34.4 Å². The Kier molecular flexibility index (Phi) is 5.24. The van der Waals surface area contributed by atoms with Crippen molar-refractivity contribution in [1.29, 1.82) is 0 Å². The fraction of sp³-hybridized carbons (Fsp3) is 0.100. The highest BCUT2D eigenvalue weighted by molar-refractivity contribution is 6.88. The highest BCUT2D eigenvalue weighted by Crippen LogP contribution is 2.33. The number of pyridine rings is 1. The molecule has 0 unspecified atom stereocenters. The minimum absolute atomic E-state index is 1.01. The highest BCUT2D eigenvalue weighted by atomic mass is 28.3. The van der Waals surface area contributed by atoms with Gasteiger partial charge in [0, 0.05) is 10.9 Å². The predicted octanol–water partition coefficient (Wildman–Crippen LogP) is 7.78. The summed E-state index contributed by atoms with van der Waals surface area (Å²) in [6.45, 7) is 7.19. The maximum absolute atomic E-state index is 5.07.